The minimum Gasteiger partial charge on any atom is -0.455 e. The Labute approximate surface area is 178 Å². The Hall–Kier alpha value is -3.38. The second kappa shape index (κ2) is 8.55. The van der Waals surface area contributed by atoms with E-state index in [1.807, 2.05) is 13.0 Å². The van der Waals surface area contributed by atoms with Crippen LogP contribution in [0, 0.1) is 6.92 Å². The molecule has 2 amide bonds. The van der Waals surface area contributed by atoms with Crippen molar-refractivity contribution in [2.24, 2.45) is 5.10 Å². The van der Waals surface area contributed by atoms with Gasteiger partial charge in [0.05, 0.1) is 5.71 Å². The highest BCUT2D eigenvalue weighted by Gasteiger charge is 2.28. The van der Waals surface area contributed by atoms with Crippen molar-refractivity contribution in [1.82, 2.24) is 5.43 Å². The second-order valence-electron chi connectivity index (χ2n) is 7.04. The summed E-state index contributed by atoms with van der Waals surface area (Å²) in [5.74, 6) is 0.318. The first-order valence-electron chi connectivity index (χ1n) is 9.64. The predicted molar refractivity (Wildman–Crippen MR) is 116 cm³/mol. The normalized spacial score (nSPS) is 14.3. The molecule has 7 heteroatoms. The Morgan fingerprint density at radius 1 is 1.03 bits per heavy atom. The number of anilines is 1. The molecule has 3 aromatic rings. The van der Waals surface area contributed by atoms with Crippen LogP contribution in [0.4, 0.5) is 5.69 Å². The van der Waals surface area contributed by atoms with Crippen molar-refractivity contribution in [2.45, 2.75) is 26.2 Å². The molecule has 0 saturated carbocycles. The molecule has 1 heterocycles. The fraction of sp³-hybridized carbons (Fsp3) is 0.174. The van der Waals surface area contributed by atoms with Gasteiger partial charge in [0.15, 0.2) is 5.76 Å². The van der Waals surface area contributed by atoms with E-state index in [0.717, 1.165) is 12.0 Å². The number of carbonyl (C=O) groups is 2. The van der Waals surface area contributed by atoms with Crippen LogP contribution in [0.5, 0.6) is 0 Å². The van der Waals surface area contributed by atoms with E-state index in [2.05, 4.69) is 15.8 Å². The van der Waals surface area contributed by atoms with Crippen LogP contribution in [0.25, 0.3) is 0 Å². The van der Waals surface area contributed by atoms with Gasteiger partial charge in [-0.1, -0.05) is 35.9 Å². The summed E-state index contributed by atoms with van der Waals surface area (Å²) in [6.45, 7) is 1.83. The van der Waals surface area contributed by atoms with Crippen LogP contribution >= 0.6 is 11.6 Å². The van der Waals surface area contributed by atoms with Gasteiger partial charge >= 0.3 is 0 Å². The zero-order valence-corrected chi connectivity index (χ0v) is 17.1. The van der Waals surface area contributed by atoms with Crippen molar-refractivity contribution in [3.63, 3.8) is 0 Å². The quantitative estimate of drug-likeness (QED) is 0.583. The Bertz CT molecular complexity index is 1140. The van der Waals surface area contributed by atoms with Gasteiger partial charge in [-0.25, -0.2) is 5.43 Å². The number of hydrogen-bond donors (Lipinski definition) is 2. The third-order valence-electron chi connectivity index (χ3n) is 4.94. The molecule has 0 aliphatic heterocycles. The number of furan rings is 1. The van der Waals surface area contributed by atoms with Gasteiger partial charge < -0.3 is 9.73 Å². The van der Waals surface area contributed by atoms with E-state index in [-0.39, 0.29) is 17.6 Å². The van der Waals surface area contributed by atoms with E-state index in [4.69, 9.17) is 16.0 Å². The maximum atomic E-state index is 12.8. The summed E-state index contributed by atoms with van der Waals surface area (Å²) in [6.07, 6.45) is 2.24. The van der Waals surface area contributed by atoms with E-state index in [1.54, 1.807) is 48.5 Å². The molecule has 0 atom stereocenters. The zero-order chi connectivity index (χ0) is 21.1. The molecule has 0 radical (unpaired) electrons. The number of halogens is 1. The molecule has 6 nitrogen and oxygen atoms in total. The molecule has 152 valence electrons. The number of amides is 2. The lowest BCUT2D eigenvalue weighted by atomic mass is 9.93. The molecule has 0 bridgehead atoms. The van der Waals surface area contributed by atoms with E-state index < -0.39 is 0 Å². The van der Waals surface area contributed by atoms with Gasteiger partial charge in [-0.3, -0.25) is 9.59 Å². The standard InChI is InChI=1S/C23H20ClN3O3/c1-14-20-18(26-27-22(28)15-7-3-2-4-8-15)11-6-12-19(20)30-21(14)23(29)25-17-10-5-9-16(24)13-17/h2-5,7-10,13H,6,11-12H2,1H3,(H,25,29)(H,27,28)/b26-18+. The largest absolute Gasteiger partial charge is 0.455 e. The molecule has 1 aliphatic carbocycles. The average Bonchev–Trinajstić information content (AvgIpc) is 3.10. The molecule has 2 aromatic carbocycles. The topological polar surface area (TPSA) is 83.7 Å². The Balaban J connectivity index is 1.57. The summed E-state index contributed by atoms with van der Waals surface area (Å²) >= 11 is 5.99. The van der Waals surface area contributed by atoms with E-state index in [0.29, 0.717) is 46.2 Å². The predicted octanol–water partition coefficient (Wildman–Crippen LogP) is 4.96. The van der Waals surface area contributed by atoms with Crippen molar-refractivity contribution in [2.75, 3.05) is 5.32 Å². The van der Waals surface area contributed by atoms with Crippen molar-refractivity contribution in [1.29, 1.82) is 0 Å². The number of nitrogens with zero attached hydrogens (tertiary/aromatic N) is 1. The van der Waals surface area contributed by atoms with Crippen LogP contribution < -0.4 is 10.7 Å². The summed E-state index contributed by atoms with van der Waals surface area (Å²) in [6, 6.07) is 15.8. The van der Waals surface area contributed by atoms with E-state index in [1.165, 1.54) is 0 Å². The number of fused-ring (bicyclic) bond motifs is 1. The minimum absolute atomic E-state index is 0.240. The van der Waals surface area contributed by atoms with Crippen molar-refractivity contribution >= 4 is 34.8 Å². The van der Waals surface area contributed by atoms with Gasteiger partial charge in [-0.15, -0.1) is 0 Å². The number of benzene rings is 2. The molecule has 0 saturated heterocycles. The van der Waals surface area contributed by atoms with Crippen molar-refractivity contribution < 1.29 is 14.0 Å². The summed E-state index contributed by atoms with van der Waals surface area (Å²) in [5.41, 5.74) is 5.95. The van der Waals surface area contributed by atoms with Gasteiger partial charge in [0.1, 0.15) is 5.76 Å². The first-order chi connectivity index (χ1) is 14.5. The molecular formula is C23H20ClN3O3. The van der Waals surface area contributed by atoms with Crippen LogP contribution in [0.2, 0.25) is 5.02 Å². The highest BCUT2D eigenvalue weighted by Crippen LogP contribution is 2.30. The third kappa shape index (κ3) is 4.14. The Morgan fingerprint density at radius 2 is 1.83 bits per heavy atom. The smallest absolute Gasteiger partial charge is 0.291 e. The van der Waals surface area contributed by atoms with Crippen molar-refractivity contribution in [3.05, 3.63) is 87.8 Å². The highest BCUT2D eigenvalue weighted by molar-refractivity contribution is 6.31. The van der Waals surface area contributed by atoms with Crippen LogP contribution in [-0.4, -0.2) is 17.5 Å². The summed E-state index contributed by atoms with van der Waals surface area (Å²) in [7, 11) is 0. The van der Waals surface area contributed by atoms with Gasteiger partial charge in [-0.05, 0) is 50.1 Å². The van der Waals surface area contributed by atoms with Gasteiger partial charge in [0.2, 0.25) is 0 Å². The van der Waals surface area contributed by atoms with Gasteiger partial charge in [0, 0.05) is 33.8 Å². The van der Waals surface area contributed by atoms with E-state index in [9.17, 15) is 9.59 Å². The fourth-order valence-corrected chi connectivity index (χ4v) is 3.71. The molecule has 2 N–H and O–H groups in total. The number of carbonyl (C=O) groups excluding carboxylic acids is 2. The molecule has 0 spiro atoms. The maximum Gasteiger partial charge on any atom is 0.291 e. The van der Waals surface area contributed by atoms with Crippen LogP contribution in [-0.2, 0) is 6.42 Å². The maximum absolute atomic E-state index is 12.8. The van der Waals surface area contributed by atoms with Crippen LogP contribution in [0.1, 0.15) is 50.6 Å². The first-order valence-corrected chi connectivity index (χ1v) is 10.0. The molecule has 0 fully saturated rings. The number of aryl methyl sites for hydroxylation is 1. The number of rotatable bonds is 4. The number of hydrazone groups is 1. The third-order valence-corrected chi connectivity index (χ3v) is 5.18. The van der Waals surface area contributed by atoms with Crippen LogP contribution in [0.3, 0.4) is 0 Å². The molecule has 1 aromatic heterocycles. The molecule has 4 rings (SSSR count). The summed E-state index contributed by atoms with van der Waals surface area (Å²) in [5, 5.41) is 7.68. The van der Waals surface area contributed by atoms with Gasteiger partial charge in [0.25, 0.3) is 11.8 Å². The van der Waals surface area contributed by atoms with E-state index >= 15 is 0 Å². The fourth-order valence-electron chi connectivity index (χ4n) is 3.52. The molecule has 0 unspecified atom stereocenters. The lowest BCUT2D eigenvalue weighted by Crippen LogP contribution is -2.22. The molecule has 30 heavy (non-hydrogen) atoms. The van der Waals surface area contributed by atoms with Gasteiger partial charge in [-0.2, -0.15) is 5.10 Å². The lowest BCUT2D eigenvalue weighted by Gasteiger charge is -2.13. The molecular weight excluding hydrogens is 402 g/mol. The first kappa shape index (κ1) is 19.9. The average molecular weight is 422 g/mol. The number of hydrogen-bond acceptors (Lipinski definition) is 4. The highest BCUT2D eigenvalue weighted by atomic mass is 35.5. The zero-order valence-electron chi connectivity index (χ0n) is 16.4. The Morgan fingerprint density at radius 3 is 2.60 bits per heavy atom. The molecule has 1 aliphatic rings. The summed E-state index contributed by atoms with van der Waals surface area (Å²) < 4.78 is 5.88. The monoisotopic (exact) mass is 421 g/mol. The minimum atomic E-state index is -0.350. The van der Waals surface area contributed by atoms with Crippen molar-refractivity contribution in [3.8, 4) is 0 Å². The lowest BCUT2D eigenvalue weighted by molar-refractivity contribution is 0.0953. The number of nitrogens with one attached hydrogen (secondary N) is 2. The summed E-state index contributed by atoms with van der Waals surface area (Å²) in [4.78, 5) is 25.1. The SMILES string of the molecule is Cc1c(C(=O)Nc2cccc(Cl)c2)oc2c1/C(=N/NC(=O)c1ccccc1)CCC2. The second-order valence-corrected chi connectivity index (χ2v) is 7.47. The van der Waals surface area contributed by atoms with Crippen LogP contribution in [0.15, 0.2) is 64.1 Å². The Kier molecular flexibility index (Phi) is 5.68.